The van der Waals surface area contributed by atoms with Crippen LogP contribution in [0, 0.1) is 0 Å². The van der Waals surface area contributed by atoms with Crippen molar-refractivity contribution in [3.05, 3.63) is 47.0 Å². The largest absolute Gasteiger partial charge is 0.311 e. The van der Waals surface area contributed by atoms with Crippen LogP contribution in [0.25, 0.3) is 0 Å². The summed E-state index contributed by atoms with van der Waals surface area (Å²) >= 11 is 5.70. The molecular formula is C11H13ClN4. The summed E-state index contributed by atoms with van der Waals surface area (Å²) in [5, 5.41) is 10.6. The summed E-state index contributed by atoms with van der Waals surface area (Å²) in [5.74, 6) is 0. The van der Waals surface area contributed by atoms with Gasteiger partial charge in [0.15, 0.2) is 0 Å². The zero-order chi connectivity index (χ0) is 11.2. The third kappa shape index (κ3) is 3.32. The van der Waals surface area contributed by atoms with Gasteiger partial charge in [-0.15, -0.1) is 0 Å². The summed E-state index contributed by atoms with van der Waals surface area (Å²) in [7, 11) is 0. The van der Waals surface area contributed by atoms with Gasteiger partial charge in [-0.2, -0.15) is 5.10 Å². The molecule has 0 bridgehead atoms. The monoisotopic (exact) mass is 236 g/mol. The molecule has 0 radical (unpaired) electrons. The molecule has 4 nitrogen and oxygen atoms in total. The van der Waals surface area contributed by atoms with Crippen LogP contribution in [-0.4, -0.2) is 21.7 Å². The first-order chi connectivity index (χ1) is 7.84. The zero-order valence-corrected chi connectivity index (χ0v) is 9.54. The molecule has 0 saturated heterocycles. The topological polar surface area (TPSA) is 53.6 Å². The van der Waals surface area contributed by atoms with Gasteiger partial charge < -0.3 is 5.32 Å². The fourth-order valence-electron chi connectivity index (χ4n) is 1.39. The fourth-order valence-corrected chi connectivity index (χ4v) is 1.51. The van der Waals surface area contributed by atoms with Crippen LogP contribution in [0.1, 0.15) is 11.3 Å². The first-order valence-corrected chi connectivity index (χ1v) is 5.52. The average Bonchev–Trinajstić information content (AvgIpc) is 2.80. The van der Waals surface area contributed by atoms with Crippen LogP contribution in [0.2, 0.25) is 5.15 Å². The van der Waals surface area contributed by atoms with Crippen molar-refractivity contribution in [2.45, 2.75) is 13.0 Å². The van der Waals surface area contributed by atoms with Crippen LogP contribution in [0.5, 0.6) is 0 Å². The molecule has 0 aliphatic heterocycles. The van der Waals surface area contributed by atoms with Crippen molar-refractivity contribution in [1.82, 2.24) is 20.5 Å². The minimum absolute atomic E-state index is 0.536. The third-order valence-corrected chi connectivity index (χ3v) is 2.48. The number of aromatic nitrogens is 3. The summed E-state index contributed by atoms with van der Waals surface area (Å²) in [6, 6.07) is 5.76. The van der Waals surface area contributed by atoms with E-state index in [0.717, 1.165) is 25.2 Å². The second-order valence-corrected chi connectivity index (χ2v) is 3.89. The van der Waals surface area contributed by atoms with Crippen LogP contribution in [0.15, 0.2) is 30.6 Å². The lowest BCUT2D eigenvalue weighted by Crippen LogP contribution is -2.16. The number of nitrogens with one attached hydrogen (secondary N) is 2. The Morgan fingerprint density at radius 1 is 1.31 bits per heavy atom. The van der Waals surface area contributed by atoms with E-state index in [1.54, 1.807) is 12.4 Å². The Morgan fingerprint density at radius 3 is 2.94 bits per heavy atom. The molecule has 0 atom stereocenters. The van der Waals surface area contributed by atoms with Gasteiger partial charge in [0.25, 0.3) is 0 Å². The Hall–Kier alpha value is -1.39. The molecule has 2 rings (SSSR count). The van der Waals surface area contributed by atoms with Gasteiger partial charge >= 0.3 is 0 Å². The molecule has 0 fully saturated rings. The van der Waals surface area contributed by atoms with Gasteiger partial charge in [-0.05, 0) is 30.7 Å². The summed E-state index contributed by atoms with van der Waals surface area (Å²) in [4.78, 5) is 4.03. The SMILES string of the molecule is Clc1ccc(CCNCc2ccn[nH]2)cn1. The van der Waals surface area contributed by atoms with Crippen LogP contribution >= 0.6 is 11.6 Å². The lowest BCUT2D eigenvalue weighted by molar-refractivity contribution is 0.672. The van der Waals surface area contributed by atoms with Gasteiger partial charge in [0.05, 0.1) is 0 Å². The van der Waals surface area contributed by atoms with Crippen molar-refractivity contribution in [2.24, 2.45) is 0 Å². The van der Waals surface area contributed by atoms with Crippen LogP contribution in [0.4, 0.5) is 0 Å². The maximum atomic E-state index is 5.70. The predicted molar refractivity (Wildman–Crippen MR) is 63.2 cm³/mol. The normalized spacial score (nSPS) is 10.6. The Morgan fingerprint density at radius 2 is 2.25 bits per heavy atom. The van der Waals surface area contributed by atoms with Crippen LogP contribution < -0.4 is 5.32 Å². The molecule has 2 aromatic heterocycles. The molecule has 16 heavy (non-hydrogen) atoms. The predicted octanol–water partition coefficient (Wildman–Crippen LogP) is 1.79. The molecule has 0 aromatic carbocycles. The molecule has 2 aromatic rings. The number of hydrogen-bond acceptors (Lipinski definition) is 3. The number of H-pyrrole nitrogens is 1. The maximum Gasteiger partial charge on any atom is 0.129 e. The second-order valence-electron chi connectivity index (χ2n) is 3.50. The average molecular weight is 237 g/mol. The molecule has 0 saturated carbocycles. The maximum absolute atomic E-state index is 5.70. The number of hydrogen-bond donors (Lipinski definition) is 2. The molecule has 0 aliphatic rings. The summed E-state index contributed by atoms with van der Waals surface area (Å²) < 4.78 is 0. The van der Waals surface area contributed by atoms with Gasteiger partial charge in [-0.1, -0.05) is 17.7 Å². The van der Waals surface area contributed by atoms with Crippen molar-refractivity contribution in [2.75, 3.05) is 6.54 Å². The van der Waals surface area contributed by atoms with E-state index < -0.39 is 0 Å². The highest BCUT2D eigenvalue weighted by Gasteiger charge is 1.95. The van der Waals surface area contributed by atoms with Gasteiger partial charge in [0.2, 0.25) is 0 Å². The van der Waals surface area contributed by atoms with E-state index in [1.165, 1.54) is 5.56 Å². The highest BCUT2D eigenvalue weighted by molar-refractivity contribution is 6.29. The van der Waals surface area contributed by atoms with Crippen LogP contribution in [-0.2, 0) is 13.0 Å². The van der Waals surface area contributed by atoms with E-state index in [4.69, 9.17) is 11.6 Å². The Labute approximate surface area is 99.1 Å². The minimum atomic E-state index is 0.536. The Kier molecular flexibility index (Phi) is 3.91. The molecule has 0 unspecified atom stereocenters. The standard InChI is InChI=1S/C11H13ClN4/c12-11-2-1-9(7-14-11)3-5-13-8-10-4-6-15-16-10/h1-2,4,6-7,13H,3,5,8H2,(H,15,16). The Balaban J connectivity index is 1.70. The molecule has 2 heterocycles. The zero-order valence-electron chi connectivity index (χ0n) is 8.78. The molecule has 5 heteroatoms. The highest BCUT2D eigenvalue weighted by atomic mass is 35.5. The third-order valence-electron chi connectivity index (χ3n) is 2.25. The summed E-state index contributed by atoms with van der Waals surface area (Å²) in [5.41, 5.74) is 2.27. The fraction of sp³-hybridized carbons (Fsp3) is 0.273. The molecular weight excluding hydrogens is 224 g/mol. The van der Waals surface area contributed by atoms with E-state index in [9.17, 15) is 0 Å². The molecule has 0 spiro atoms. The highest BCUT2D eigenvalue weighted by Crippen LogP contribution is 2.05. The number of nitrogens with zero attached hydrogens (tertiary/aromatic N) is 2. The molecule has 2 N–H and O–H groups in total. The summed E-state index contributed by atoms with van der Waals surface area (Å²) in [6.45, 7) is 1.71. The smallest absolute Gasteiger partial charge is 0.129 e. The quantitative estimate of drug-likeness (QED) is 0.615. The van der Waals surface area contributed by atoms with E-state index in [0.29, 0.717) is 5.15 Å². The van der Waals surface area contributed by atoms with Gasteiger partial charge in [0, 0.05) is 24.6 Å². The number of rotatable bonds is 5. The van der Waals surface area contributed by atoms with E-state index >= 15 is 0 Å². The van der Waals surface area contributed by atoms with Gasteiger partial charge in [-0.25, -0.2) is 4.98 Å². The van der Waals surface area contributed by atoms with Crippen molar-refractivity contribution in [3.63, 3.8) is 0 Å². The lowest BCUT2D eigenvalue weighted by Gasteiger charge is -2.03. The molecule has 0 aliphatic carbocycles. The van der Waals surface area contributed by atoms with Crippen LogP contribution in [0.3, 0.4) is 0 Å². The van der Waals surface area contributed by atoms with Gasteiger partial charge in [0.1, 0.15) is 5.15 Å². The molecule has 84 valence electrons. The van der Waals surface area contributed by atoms with Gasteiger partial charge in [-0.3, -0.25) is 5.10 Å². The van der Waals surface area contributed by atoms with Crippen molar-refractivity contribution in [1.29, 1.82) is 0 Å². The van der Waals surface area contributed by atoms with Crippen molar-refractivity contribution >= 4 is 11.6 Å². The first kappa shape index (κ1) is 11.1. The van der Waals surface area contributed by atoms with E-state index in [1.807, 2.05) is 18.2 Å². The van der Waals surface area contributed by atoms with Crippen molar-refractivity contribution in [3.8, 4) is 0 Å². The minimum Gasteiger partial charge on any atom is -0.311 e. The van der Waals surface area contributed by atoms with Crippen molar-refractivity contribution < 1.29 is 0 Å². The first-order valence-electron chi connectivity index (χ1n) is 5.14. The lowest BCUT2D eigenvalue weighted by atomic mass is 10.2. The summed E-state index contributed by atoms with van der Waals surface area (Å²) in [6.07, 6.45) is 4.50. The van der Waals surface area contributed by atoms with E-state index in [2.05, 4.69) is 20.5 Å². The Bertz CT molecular complexity index is 410. The number of pyridine rings is 1. The second kappa shape index (κ2) is 5.63. The van der Waals surface area contributed by atoms with E-state index in [-0.39, 0.29) is 0 Å². The number of halogens is 1. The number of aromatic amines is 1. The molecule has 0 amide bonds.